The molecule has 1 aromatic heterocycles. The smallest absolute Gasteiger partial charge is 0.258 e. The summed E-state index contributed by atoms with van der Waals surface area (Å²) in [5.41, 5.74) is 2.44. The third-order valence-electron chi connectivity index (χ3n) is 4.04. The minimum absolute atomic E-state index is 0.101. The number of aromatic nitrogens is 1. The summed E-state index contributed by atoms with van der Waals surface area (Å²) in [5, 5.41) is 9.81. The molecule has 2 heterocycles. The highest BCUT2D eigenvalue weighted by molar-refractivity contribution is 5.96. The molecule has 0 fully saturated rings. The number of pyridine rings is 1. The van der Waals surface area contributed by atoms with Gasteiger partial charge in [0.2, 0.25) is 0 Å². The third-order valence-corrected chi connectivity index (χ3v) is 4.04. The number of rotatable bonds is 3. The van der Waals surface area contributed by atoms with Crippen LogP contribution in [0.2, 0.25) is 0 Å². The Labute approximate surface area is 134 Å². The van der Waals surface area contributed by atoms with Gasteiger partial charge in [-0.15, -0.1) is 0 Å². The van der Waals surface area contributed by atoms with Crippen molar-refractivity contribution in [2.45, 2.75) is 13.0 Å². The Hall–Kier alpha value is -2.76. The Bertz CT molecular complexity index is 745. The van der Waals surface area contributed by atoms with Crippen molar-refractivity contribution < 1.29 is 19.4 Å². The number of hydrogen-bond acceptors (Lipinski definition) is 5. The van der Waals surface area contributed by atoms with E-state index in [2.05, 4.69) is 4.98 Å². The molecule has 3 rings (SSSR count). The lowest BCUT2D eigenvalue weighted by atomic mass is 9.98. The Morgan fingerprint density at radius 1 is 1.22 bits per heavy atom. The van der Waals surface area contributed by atoms with Crippen LogP contribution < -0.4 is 9.47 Å². The molecule has 0 saturated carbocycles. The van der Waals surface area contributed by atoms with E-state index >= 15 is 0 Å². The van der Waals surface area contributed by atoms with Gasteiger partial charge >= 0.3 is 0 Å². The molecule has 1 aliphatic rings. The van der Waals surface area contributed by atoms with Crippen LogP contribution in [0.5, 0.6) is 17.2 Å². The highest BCUT2D eigenvalue weighted by Crippen LogP contribution is 2.33. The predicted molar refractivity (Wildman–Crippen MR) is 83.9 cm³/mol. The van der Waals surface area contributed by atoms with Gasteiger partial charge in [0, 0.05) is 19.3 Å². The second-order valence-electron chi connectivity index (χ2n) is 5.35. The summed E-state index contributed by atoms with van der Waals surface area (Å²) in [5.74, 6) is 1.03. The number of fused-ring (bicyclic) bond motifs is 1. The minimum Gasteiger partial charge on any atom is -0.505 e. The maximum Gasteiger partial charge on any atom is 0.258 e. The molecule has 2 aromatic rings. The summed E-state index contributed by atoms with van der Waals surface area (Å²) >= 11 is 0. The molecule has 0 aliphatic carbocycles. The van der Waals surface area contributed by atoms with Crippen LogP contribution in [-0.4, -0.2) is 41.7 Å². The largest absolute Gasteiger partial charge is 0.505 e. The Kier molecular flexibility index (Phi) is 4.06. The fraction of sp³-hybridized carbons (Fsp3) is 0.294. The number of hydrogen-bond donors (Lipinski definition) is 1. The van der Waals surface area contributed by atoms with E-state index in [0.29, 0.717) is 24.6 Å². The van der Waals surface area contributed by atoms with E-state index in [-0.39, 0.29) is 17.2 Å². The molecule has 1 N–H and O–H groups in total. The van der Waals surface area contributed by atoms with Crippen molar-refractivity contribution in [3.8, 4) is 17.2 Å². The van der Waals surface area contributed by atoms with Gasteiger partial charge in [0.25, 0.3) is 5.91 Å². The van der Waals surface area contributed by atoms with E-state index in [9.17, 15) is 9.90 Å². The zero-order chi connectivity index (χ0) is 16.4. The molecule has 23 heavy (non-hydrogen) atoms. The van der Waals surface area contributed by atoms with Crippen LogP contribution in [0.15, 0.2) is 30.6 Å². The van der Waals surface area contributed by atoms with Crippen LogP contribution in [0.25, 0.3) is 0 Å². The molecular weight excluding hydrogens is 296 g/mol. The zero-order valence-electron chi connectivity index (χ0n) is 13.1. The molecule has 1 aliphatic heterocycles. The average molecular weight is 314 g/mol. The van der Waals surface area contributed by atoms with Crippen LogP contribution >= 0.6 is 0 Å². The van der Waals surface area contributed by atoms with Crippen molar-refractivity contribution in [1.82, 2.24) is 9.88 Å². The van der Waals surface area contributed by atoms with Crippen molar-refractivity contribution in [1.29, 1.82) is 0 Å². The molecule has 120 valence electrons. The van der Waals surface area contributed by atoms with E-state index in [1.807, 2.05) is 12.1 Å². The number of carbonyl (C=O) groups is 1. The van der Waals surface area contributed by atoms with Gasteiger partial charge in [0.05, 0.1) is 26.0 Å². The molecule has 6 nitrogen and oxygen atoms in total. The molecule has 0 bridgehead atoms. The summed E-state index contributed by atoms with van der Waals surface area (Å²) in [6, 6.07) is 5.39. The van der Waals surface area contributed by atoms with Crippen molar-refractivity contribution in [2.75, 3.05) is 20.8 Å². The molecule has 6 heteroatoms. The Balaban J connectivity index is 1.88. The van der Waals surface area contributed by atoms with Crippen LogP contribution in [0, 0.1) is 0 Å². The zero-order valence-corrected chi connectivity index (χ0v) is 13.1. The Morgan fingerprint density at radius 2 is 1.91 bits per heavy atom. The molecule has 0 unspecified atom stereocenters. The predicted octanol–water partition coefficient (Wildman–Crippen LogP) is 2.00. The van der Waals surface area contributed by atoms with Crippen LogP contribution in [0.1, 0.15) is 21.5 Å². The van der Waals surface area contributed by atoms with Gasteiger partial charge in [0.1, 0.15) is 5.75 Å². The van der Waals surface area contributed by atoms with Crippen molar-refractivity contribution >= 4 is 5.91 Å². The first-order valence-corrected chi connectivity index (χ1v) is 7.30. The lowest BCUT2D eigenvalue weighted by molar-refractivity contribution is 0.0731. The van der Waals surface area contributed by atoms with Gasteiger partial charge < -0.3 is 19.5 Å². The lowest BCUT2D eigenvalue weighted by Gasteiger charge is -2.29. The fourth-order valence-electron chi connectivity index (χ4n) is 2.79. The second kappa shape index (κ2) is 6.16. The van der Waals surface area contributed by atoms with E-state index in [1.165, 1.54) is 18.5 Å². The second-order valence-corrected chi connectivity index (χ2v) is 5.35. The average Bonchev–Trinajstić information content (AvgIpc) is 2.59. The molecule has 0 saturated heterocycles. The van der Waals surface area contributed by atoms with Crippen LogP contribution in [0.3, 0.4) is 0 Å². The number of methoxy groups -OCH3 is 2. The summed E-state index contributed by atoms with van der Waals surface area (Å²) in [7, 11) is 3.19. The number of ether oxygens (including phenoxy) is 2. The van der Waals surface area contributed by atoms with Crippen LogP contribution in [-0.2, 0) is 13.0 Å². The van der Waals surface area contributed by atoms with Crippen LogP contribution in [0.4, 0.5) is 0 Å². The van der Waals surface area contributed by atoms with Gasteiger partial charge in [-0.25, -0.2) is 0 Å². The summed E-state index contributed by atoms with van der Waals surface area (Å²) in [4.78, 5) is 18.1. The normalized spacial score (nSPS) is 13.4. The van der Waals surface area contributed by atoms with Gasteiger partial charge in [-0.3, -0.25) is 9.78 Å². The van der Waals surface area contributed by atoms with E-state index in [0.717, 1.165) is 17.5 Å². The molecular formula is C17H18N2O4. The first kappa shape index (κ1) is 15.1. The number of carbonyl (C=O) groups excluding carboxylic acids is 1. The van der Waals surface area contributed by atoms with Crippen molar-refractivity contribution in [2.24, 2.45) is 0 Å². The lowest BCUT2D eigenvalue weighted by Crippen LogP contribution is -2.36. The molecule has 0 atom stereocenters. The van der Waals surface area contributed by atoms with Gasteiger partial charge in [-0.1, -0.05) is 0 Å². The van der Waals surface area contributed by atoms with E-state index in [4.69, 9.17) is 9.47 Å². The standard InChI is InChI=1S/C17H18N2O4/c1-22-15-7-11-4-6-19(10-12(11)8-16(15)23-2)17(21)13-3-5-18-9-14(13)20/h3,5,7-9,20H,4,6,10H2,1-2H3. The summed E-state index contributed by atoms with van der Waals surface area (Å²) in [6.45, 7) is 1.05. The SMILES string of the molecule is COc1cc2c(cc1OC)CN(C(=O)c1ccncc1O)CC2. The van der Waals surface area contributed by atoms with Crippen molar-refractivity contribution in [3.05, 3.63) is 47.3 Å². The summed E-state index contributed by atoms with van der Waals surface area (Å²) in [6.07, 6.45) is 3.50. The minimum atomic E-state index is -0.203. The molecule has 0 radical (unpaired) electrons. The quantitative estimate of drug-likeness (QED) is 0.938. The van der Waals surface area contributed by atoms with Gasteiger partial charge in [-0.05, 0) is 35.7 Å². The molecule has 1 amide bonds. The molecule has 1 aromatic carbocycles. The van der Waals surface area contributed by atoms with Gasteiger partial charge in [-0.2, -0.15) is 0 Å². The number of aromatic hydroxyl groups is 1. The topological polar surface area (TPSA) is 71.9 Å². The van der Waals surface area contributed by atoms with E-state index < -0.39 is 0 Å². The van der Waals surface area contributed by atoms with Crippen molar-refractivity contribution in [3.63, 3.8) is 0 Å². The maximum absolute atomic E-state index is 12.6. The van der Waals surface area contributed by atoms with Gasteiger partial charge in [0.15, 0.2) is 11.5 Å². The molecule has 0 spiro atoms. The first-order chi connectivity index (χ1) is 11.1. The maximum atomic E-state index is 12.6. The third kappa shape index (κ3) is 2.79. The highest BCUT2D eigenvalue weighted by Gasteiger charge is 2.25. The monoisotopic (exact) mass is 314 g/mol. The number of nitrogens with zero attached hydrogens (tertiary/aromatic N) is 2. The number of amides is 1. The van der Waals surface area contributed by atoms with E-state index in [1.54, 1.807) is 19.1 Å². The highest BCUT2D eigenvalue weighted by atomic mass is 16.5. The first-order valence-electron chi connectivity index (χ1n) is 7.30. The Morgan fingerprint density at radius 3 is 2.57 bits per heavy atom. The fourth-order valence-corrected chi connectivity index (χ4v) is 2.79. The number of benzene rings is 1. The summed E-state index contributed by atoms with van der Waals surface area (Å²) < 4.78 is 10.6.